The van der Waals surface area contributed by atoms with Gasteiger partial charge in [0.25, 0.3) is 0 Å². The number of aliphatic carboxylic acids is 1. The number of carboxylic acids is 1. The molecule has 6 heteroatoms. The highest BCUT2D eigenvalue weighted by Crippen LogP contribution is 1.82. The Morgan fingerprint density at radius 1 is 1.58 bits per heavy atom. The van der Waals surface area contributed by atoms with Crippen molar-refractivity contribution in [1.82, 2.24) is 5.32 Å². The molecule has 0 aromatic rings. The van der Waals surface area contributed by atoms with E-state index in [9.17, 15) is 9.59 Å². The molecule has 1 atom stereocenters. The summed E-state index contributed by atoms with van der Waals surface area (Å²) in [6.45, 7) is -0.853. The second-order valence-corrected chi connectivity index (χ2v) is 2.07. The predicted molar refractivity (Wildman–Crippen MR) is 38.5 cm³/mol. The van der Waals surface area contributed by atoms with E-state index in [2.05, 4.69) is 10.1 Å². The number of carbonyl (C=O) groups is 2. The number of aliphatic hydroxyl groups excluding tert-OH is 1. The van der Waals surface area contributed by atoms with E-state index < -0.39 is 24.5 Å². The van der Waals surface area contributed by atoms with Crippen molar-refractivity contribution in [3.63, 3.8) is 0 Å². The van der Waals surface area contributed by atoms with Gasteiger partial charge >= 0.3 is 5.97 Å². The molecule has 1 unspecified atom stereocenters. The average molecular weight is 177 g/mol. The number of carboxylic acid groups (broad SMARTS) is 1. The lowest BCUT2D eigenvalue weighted by Gasteiger charge is -2.10. The van der Waals surface area contributed by atoms with Crippen LogP contribution in [0.3, 0.4) is 0 Å². The zero-order valence-electron chi connectivity index (χ0n) is 6.61. The van der Waals surface area contributed by atoms with Gasteiger partial charge in [0.2, 0.25) is 5.91 Å². The van der Waals surface area contributed by atoms with Crippen LogP contribution >= 0.6 is 0 Å². The summed E-state index contributed by atoms with van der Waals surface area (Å²) in [4.78, 5) is 21.0. The van der Waals surface area contributed by atoms with Crippen LogP contribution in [0.4, 0.5) is 0 Å². The first kappa shape index (κ1) is 10.9. The van der Waals surface area contributed by atoms with Crippen LogP contribution < -0.4 is 5.32 Å². The summed E-state index contributed by atoms with van der Waals surface area (Å²) in [5, 5.41) is 18.9. The molecule has 0 aliphatic heterocycles. The van der Waals surface area contributed by atoms with E-state index in [1.807, 2.05) is 0 Å². The van der Waals surface area contributed by atoms with Crippen LogP contribution in [-0.4, -0.2) is 48.5 Å². The van der Waals surface area contributed by atoms with Gasteiger partial charge in [-0.15, -0.1) is 0 Å². The fourth-order valence-electron chi connectivity index (χ4n) is 0.553. The molecule has 6 nitrogen and oxygen atoms in total. The number of aliphatic hydroxyl groups is 1. The fraction of sp³-hybridized carbons (Fsp3) is 0.667. The third-order valence-corrected chi connectivity index (χ3v) is 1.09. The molecule has 0 spiro atoms. The number of ether oxygens (including phenoxy) is 1. The Morgan fingerprint density at radius 3 is 2.50 bits per heavy atom. The standard InChI is InChI=1S/C6H11NO5/c1-12-3-5(9)7-4(2-8)6(10)11/h4,8H,2-3H2,1H3,(H,7,9)(H,10,11). The minimum atomic E-state index is -1.28. The normalized spacial score (nSPS) is 12.2. The second-order valence-electron chi connectivity index (χ2n) is 2.07. The SMILES string of the molecule is COCC(=O)NC(CO)C(=O)O. The Balaban J connectivity index is 3.85. The van der Waals surface area contributed by atoms with Crippen molar-refractivity contribution < 1.29 is 24.5 Å². The Hall–Kier alpha value is -1.14. The van der Waals surface area contributed by atoms with E-state index >= 15 is 0 Å². The minimum absolute atomic E-state index is 0.218. The Labute approximate surface area is 69.1 Å². The maximum Gasteiger partial charge on any atom is 0.328 e. The van der Waals surface area contributed by atoms with Gasteiger partial charge in [-0.2, -0.15) is 0 Å². The highest BCUT2D eigenvalue weighted by Gasteiger charge is 2.17. The van der Waals surface area contributed by atoms with Crippen LogP contribution in [0.1, 0.15) is 0 Å². The molecular weight excluding hydrogens is 166 g/mol. The molecule has 1 amide bonds. The predicted octanol–water partition coefficient (Wildman–Crippen LogP) is -1.81. The Kier molecular flexibility index (Phi) is 4.98. The van der Waals surface area contributed by atoms with E-state index in [1.165, 1.54) is 7.11 Å². The molecule has 0 saturated carbocycles. The summed E-state index contributed by atoms with van der Waals surface area (Å²) in [7, 11) is 1.31. The van der Waals surface area contributed by atoms with Crippen molar-refractivity contribution >= 4 is 11.9 Å². The molecule has 12 heavy (non-hydrogen) atoms. The van der Waals surface area contributed by atoms with E-state index in [4.69, 9.17) is 10.2 Å². The summed E-state index contributed by atoms with van der Waals surface area (Å²) in [5.41, 5.74) is 0. The average Bonchev–Trinajstić information content (AvgIpc) is 2.00. The summed E-state index contributed by atoms with van der Waals surface area (Å²) in [6.07, 6.45) is 0. The summed E-state index contributed by atoms with van der Waals surface area (Å²) < 4.78 is 4.44. The van der Waals surface area contributed by atoms with Crippen molar-refractivity contribution in [2.45, 2.75) is 6.04 Å². The molecule has 0 radical (unpaired) electrons. The summed E-state index contributed by atoms with van der Waals surface area (Å²) in [5.74, 6) is -1.85. The molecule has 0 aromatic heterocycles. The molecule has 0 aliphatic rings. The number of nitrogens with one attached hydrogen (secondary N) is 1. The molecule has 70 valence electrons. The van der Waals surface area contributed by atoms with E-state index in [1.54, 1.807) is 0 Å². The van der Waals surface area contributed by atoms with Crippen molar-refractivity contribution in [3.8, 4) is 0 Å². The lowest BCUT2D eigenvalue weighted by Crippen LogP contribution is -2.44. The van der Waals surface area contributed by atoms with Crippen LogP contribution in [0.2, 0.25) is 0 Å². The number of carbonyl (C=O) groups excluding carboxylic acids is 1. The first-order valence-corrected chi connectivity index (χ1v) is 3.23. The topological polar surface area (TPSA) is 95.9 Å². The molecule has 0 fully saturated rings. The van der Waals surface area contributed by atoms with Gasteiger partial charge in [-0.3, -0.25) is 4.79 Å². The lowest BCUT2D eigenvalue weighted by molar-refractivity contribution is -0.143. The van der Waals surface area contributed by atoms with Crippen LogP contribution in [0.15, 0.2) is 0 Å². The van der Waals surface area contributed by atoms with Gasteiger partial charge < -0.3 is 20.3 Å². The highest BCUT2D eigenvalue weighted by atomic mass is 16.5. The first-order chi connectivity index (χ1) is 5.61. The number of rotatable bonds is 5. The largest absolute Gasteiger partial charge is 0.480 e. The van der Waals surface area contributed by atoms with Gasteiger partial charge in [0.1, 0.15) is 12.6 Å². The van der Waals surface area contributed by atoms with Gasteiger partial charge in [-0.25, -0.2) is 4.79 Å². The molecule has 0 aromatic carbocycles. The van der Waals surface area contributed by atoms with Crippen LogP contribution in [0.5, 0.6) is 0 Å². The maximum atomic E-state index is 10.7. The van der Waals surface area contributed by atoms with Crippen molar-refractivity contribution in [1.29, 1.82) is 0 Å². The quantitative estimate of drug-likeness (QED) is 0.460. The molecule has 0 saturated heterocycles. The molecule has 3 N–H and O–H groups in total. The van der Waals surface area contributed by atoms with Crippen molar-refractivity contribution in [2.75, 3.05) is 20.3 Å². The van der Waals surface area contributed by atoms with E-state index in [0.717, 1.165) is 0 Å². The van der Waals surface area contributed by atoms with Gasteiger partial charge in [-0.1, -0.05) is 0 Å². The number of hydrogen-bond donors (Lipinski definition) is 3. The maximum absolute atomic E-state index is 10.7. The Bertz CT molecular complexity index is 169. The monoisotopic (exact) mass is 177 g/mol. The number of amides is 1. The lowest BCUT2D eigenvalue weighted by atomic mass is 10.3. The van der Waals surface area contributed by atoms with Crippen LogP contribution in [0, 0.1) is 0 Å². The molecule has 0 heterocycles. The number of hydrogen-bond acceptors (Lipinski definition) is 4. The van der Waals surface area contributed by atoms with E-state index in [0.29, 0.717) is 0 Å². The molecular formula is C6H11NO5. The highest BCUT2D eigenvalue weighted by molar-refractivity contribution is 5.84. The van der Waals surface area contributed by atoms with Crippen LogP contribution in [0.25, 0.3) is 0 Å². The third kappa shape index (κ3) is 3.89. The van der Waals surface area contributed by atoms with Crippen molar-refractivity contribution in [2.24, 2.45) is 0 Å². The third-order valence-electron chi connectivity index (χ3n) is 1.09. The summed E-state index contributed by atoms with van der Waals surface area (Å²) >= 11 is 0. The van der Waals surface area contributed by atoms with Gasteiger partial charge in [0.05, 0.1) is 6.61 Å². The first-order valence-electron chi connectivity index (χ1n) is 3.23. The zero-order chi connectivity index (χ0) is 9.56. The minimum Gasteiger partial charge on any atom is -0.480 e. The summed E-state index contributed by atoms with van der Waals surface area (Å²) in [6, 6.07) is -1.26. The molecule has 0 aliphatic carbocycles. The van der Waals surface area contributed by atoms with Crippen molar-refractivity contribution in [3.05, 3.63) is 0 Å². The second kappa shape index (κ2) is 5.50. The smallest absolute Gasteiger partial charge is 0.328 e. The Morgan fingerprint density at radius 2 is 2.17 bits per heavy atom. The zero-order valence-corrected chi connectivity index (χ0v) is 6.61. The van der Waals surface area contributed by atoms with E-state index in [-0.39, 0.29) is 6.61 Å². The van der Waals surface area contributed by atoms with Gasteiger partial charge in [0.15, 0.2) is 0 Å². The molecule has 0 bridgehead atoms. The fourth-order valence-corrected chi connectivity index (χ4v) is 0.553. The van der Waals surface area contributed by atoms with Gasteiger partial charge in [-0.05, 0) is 0 Å². The van der Waals surface area contributed by atoms with Gasteiger partial charge in [0, 0.05) is 7.11 Å². The molecule has 0 rings (SSSR count). The number of methoxy groups -OCH3 is 1. The van der Waals surface area contributed by atoms with Crippen LogP contribution in [-0.2, 0) is 14.3 Å².